The standard InChI is InChI=1S/C35H40ClN3O2/c1-25(37-18-9-21-38-19-7-8-20-38)27-14-15-34(31(36)24-27)40-28-16-22-39(23-17-28)26(2)35-29-10-3-5-12-32(29)41-33-13-6-4-11-30(33)35/h3-6,10-15,24,28,35,37H,1-2,7-9,16-23H2. The van der Waals surface area contributed by atoms with E-state index in [0.29, 0.717) is 5.02 Å². The summed E-state index contributed by atoms with van der Waals surface area (Å²) in [6, 6.07) is 22.6. The molecule has 5 nitrogen and oxygen atoms in total. The van der Waals surface area contributed by atoms with E-state index in [1.54, 1.807) is 0 Å². The topological polar surface area (TPSA) is 37.0 Å². The first-order valence-corrected chi connectivity index (χ1v) is 15.4. The Morgan fingerprint density at radius 2 is 1.56 bits per heavy atom. The number of ether oxygens (including phenoxy) is 2. The van der Waals surface area contributed by atoms with Crippen molar-refractivity contribution in [3.8, 4) is 17.2 Å². The normalized spacial score (nSPS) is 17.4. The zero-order valence-electron chi connectivity index (χ0n) is 23.8. The van der Waals surface area contributed by atoms with Crippen LogP contribution in [0.3, 0.4) is 0 Å². The molecule has 0 aromatic heterocycles. The zero-order valence-corrected chi connectivity index (χ0v) is 24.5. The smallest absolute Gasteiger partial charge is 0.138 e. The van der Waals surface area contributed by atoms with Gasteiger partial charge < -0.3 is 24.6 Å². The lowest BCUT2D eigenvalue weighted by molar-refractivity contribution is 0.115. The number of halogens is 1. The Morgan fingerprint density at radius 1 is 0.902 bits per heavy atom. The molecule has 3 aliphatic heterocycles. The Labute approximate surface area is 249 Å². The largest absolute Gasteiger partial charge is 0.489 e. The molecule has 0 unspecified atom stereocenters. The van der Waals surface area contributed by atoms with Crippen molar-refractivity contribution in [3.63, 3.8) is 0 Å². The molecular formula is C35H40ClN3O2. The van der Waals surface area contributed by atoms with Crippen LogP contribution in [0.2, 0.25) is 5.02 Å². The molecule has 0 atom stereocenters. The number of benzene rings is 3. The van der Waals surface area contributed by atoms with Crippen molar-refractivity contribution in [3.05, 3.63) is 107 Å². The molecule has 1 N–H and O–H groups in total. The number of allylic oxidation sites excluding steroid dienone is 1. The highest BCUT2D eigenvalue weighted by atomic mass is 35.5. The van der Waals surface area contributed by atoms with Gasteiger partial charge in [-0.15, -0.1) is 0 Å². The highest BCUT2D eigenvalue weighted by Crippen LogP contribution is 2.47. The van der Waals surface area contributed by atoms with Crippen LogP contribution in [0.5, 0.6) is 17.2 Å². The fourth-order valence-corrected chi connectivity index (χ4v) is 6.55. The molecule has 6 heteroatoms. The number of rotatable bonds is 10. The Morgan fingerprint density at radius 3 is 2.22 bits per heavy atom. The lowest BCUT2D eigenvalue weighted by atomic mass is 9.85. The van der Waals surface area contributed by atoms with E-state index in [4.69, 9.17) is 21.1 Å². The first kappa shape index (κ1) is 27.7. The van der Waals surface area contributed by atoms with Gasteiger partial charge in [0.05, 0.1) is 10.9 Å². The van der Waals surface area contributed by atoms with Crippen molar-refractivity contribution in [2.24, 2.45) is 0 Å². The van der Waals surface area contributed by atoms with Crippen LogP contribution >= 0.6 is 11.6 Å². The highest BCUT2D eigenvalue weighted by molar-refractivity contribution is 6.32. The van der Waals surface area contributed by atoms with Crippen LogP contribution in [0.1, 0.15) is 54.7 Å². The number of fused-ring (bicyclic) bond motifs is 2. The van der Waals surface area contributed by atoms with Crippen molar-refractivity contribution in [1.29, 1.82) is 0 Å². The van der Waals surface area contributed by atoms with E-state index in [9.17, 15) is 0 Å². The number of likely N-dealkylation sites (tertiary alicyclic amines) is 2. The Balaban J connectivity index is 1.02. The third kappa shape index (κ3) is 6.27. The van der Waals surface area contributed by atoms with E-state index in [1.165, 1.54) is 37.1 Å². The van der Waals surface area contributed by atoms with E-state index >= 15 is 0 Å². The molecule has 214 valence electrons. The molecule has 3 aliphatic rings. The van der Waals surface area contributed by atoms with Gasteiger partial charge in [0, 0.05) is 55.0 Å². The van der Waals surface area contributed by atoms with Crippen LogP contribution in [-0.4, -0.2) is 55.2 Å². The van der Waals surface area contributed by atoms with E-state index in [0.717, 1.165) is 79.6 Å². The molecule has 2 saturated heterocycles. The maximum Gasteiger partial charge on any atom is 0.138 e. The maximum atomic E-state index is 6.68. The van der Waals surface area contributed by atoms with Gasteiger partial charge in [-0.25, -0.2) is 0 Å². The monoisotopic (exact) mass is 569 g/mol. The highest BCUT2D eigenvalue weighted by Gasteiger charge is 2.33. The molecule has 3 aromatic rings. The third-order valence-corrected chi connectivity index (χ3v) is 8.92. The van der Waals surface area contributed by atoms with Crippen LogP contribution < -0.4 is 14.8 Å². The van der Waals surface area contributed by atoms with Crippen LogP contribution in [0.4, 0.5) is 0 Å². The molecule has 0 radical (unpaired) electrons. The van der Waals surface area contributed by atoms with E-state index in [1.807, 2.05) is 42.5 Å². The number of nitrogens with one attached hydrogen (secondary N) is 1. The van der Waals surface area contributed by atoms with Crippen LogP contribution in [0.15, 0.2) is 85.6 Å². The second-order valence-corrected chi connectivity index (χ2v) is 11.8. The molecule has 0 amide bonds. The average Bonchev–Trinajstić information content (AvgIpc) is 3.53. The second-order valence-electron chi connectivity index (χ2n) is 11.4. The second kappa shape index (κ2) is 12.6. The minimum atomic E-state index is 0.0810. The van der Waals surface area contributed by atoms with E-state index in [2.05, 4.69) is 52.5 Å². The number of hydrogen-bond acceptors (Lipinski definition) is 5. The van der Waals surface area contributed by atoms with Gasteiger partial charge in [0.2, 0.25) is 0 Å². The Hall–Kier alpha value is -3.41. The van der Waals surface area contributed by atoms with Crippen molar-refractivity contribution < 1.29 is 9.47 Å². The van der Waals surface area contributed by atoms with Crippen molar-refractivity contribution in [2.45, 2.75) is 44.1 Å². The number of nitrogens with zero attached hydrogens (tertiary/aromatic N) is 2. The summed E-state index contributed by atoms with van der Waals surface area (Å²) in [6.07, 6.45) is 5.73. The average molecular weight is 570 g/mol. The van der Waals surface area contributed by atoms with Crippen LogP contribution in [0.25, 0.3) is 5.70 Å². The molecule has 3 heterocycles. The molecule has 6 rings (SSSR count). The molecular weight excluding hydrogens is 530 g/mol. The lowest BCUT2D eigenvalue weighted by Gasteiger charge is -2.39. The minimum Gasteiger partial charge on any atom is -0.489 e. The quantitative estimate of drug-likeness (QED) is 0.253. The number of hydrogen-bond donors (Lipinski definition) is 1. The summed E-state index contributed by atoms with van der Waals surface area (Å²) in [6.45, 7) is 15.1. The van der Waals surface area contributed by atoms with E-state index in [-0.39, 0.29) is 12.0 Å². The predicted octanol–water partition coefficient (Wildman–Crippen LogP) is 7.68. The fraction of sp³-hybridized carbons (Fsp3) is 0.371. The Bertz CT molecular complexity index is 1350. The molecule has 0 aliphatic carbocycles. The van der Waals surface area contributed by atoms with Gasteiger partial charge >= 0.3 is 0 Å². The molecule has 41 heavy (non-hydrogen) atoms. The summed E-state index contributed by atoms with van der Waals surface area (Å²) in [4.78, 5) is 4.95. The first-order valence-electron chi connectivity index (χ1n) is 15.0. The summed E-state index contributed by atoms with van der Waals surface area (Å²) < 4.78 is 12.6. The van der Waals surface area contributed by atoms with Gasteiger partial charge in [-0.1, -0.05) is 61.2 Å². The van der Waals surface area contributed by atoms with Crippen LogP contribution in [0, 0.1) is 0 Å². The number of piperidine rings is 1. The van der Waals surface area contributed by atoms with Gasteiger partial charge in [0.25, 0.3) is 0 Å². The molecule has 3 aromatic carbocycles. The van der Waals surface area contributed by atoms with Gasteiger partial charge in [0.15, 0.2) is 0 Å². The zero-order chi connectivity index (χ0) is 28.2. The molecule has 0 saturated carbocycles. The first-order chi connectivity index (χ1) is 20.1. The maximum absolute atomic E-state index is 6.68. The lowest BCUT2D eigenvalue weighted by Crippen LogP contribution is -2.39. The van der Waals surface area contributed by atoms with Gasteiger partial charge in [-0.3, -0.25) is 0 Å². The SMILES string of the molecule is C=C(NCCCN1CCCC1)c1ccc(OC2CCN(C(=C)C3c4ccccc4Oc4ccccc43)CC2)c(Cl)c1. The summed E-state index contributed by atoms with van der Waals surface area (Å²) in [5.74, 6) is 2.64. The number of para-hydroxylation sites is 2. The summed E-state index contributed by atoms with van der Waals surface area (Å²) in [5, 5.41) is 4.09. The summed E-state index contributed by atoms with van der Waals surface area (Å²) >= 11 is 6.68. The summed E-state index contributed by atoms with van der Waals surface area (Å²) in [7, 11) is 0. The molecule has 0 bridgehead atoms. The van der Waals surface area contributed by atoms with Crippen molar-refractivity contribution in [1.82, 2.24) is 15.1 Å². The van der Waals surface area contributed by atoms with Crippen molar-refractivity contribution in [2.75, 3.05) is 39.3 Å². The third-order valence-electron chi connectivity index (χ3n) is 8.62. The molecule has 0 spiro atoms. The minimum absolute atomic E-state index is 0.0810. The van der Waals surface area contributed by atoms with Gasteiger partial charge in [-0.05, 0) is 74.8 Å². The van der Waals surface area contributed by atoms with Crippen LogP contribution in [-0.2, 0) is 0 Å². The molecule has 2 fully saturated rings. The van der Waals surface area contributed by atoms with Gasteiger partial charge in [-0.2, -0.15) is 0 Å². The van der Waals surface area contributed by atoms with Crippen molar-refractivity contribution >= 4 is 17.3 Å². The predicted molar refractivity (Wildman–Crippen MR) is 168 cm³/mol. The summed E-state index contributed by atoms with van der Waals surface area (Å²) in [5.41, 5.74) is 5.36. The van der Waals surface area contributed by atoms with Gasteiger partial charge in [0.1, 0.15) is 23.4 Å². The Kier molecular flexibility index (Phi) is 8.54. The fourth-order valence-electron chi connectivity index (χ4n) is 6.33. The van der Waals surface area contributed by atoms with E-state index < -0.39 is 0 Å².